The molecule has 4 nitrogen and oxygen atoms in total. The lowest BCUT2D eigenvalue weighted by Crippen LogP contribution is -2.46. The van der Waals surface area contributed by atoms with Crippen LogP contribution in [0.3, 0.4) is 0 Å². The molecule has 0 bridgehead atoms. The average Bonchev–Trinajstić information content (AvgIpc) is 2.88. The Morgan fingerprint density at radius 2 is 2.00 bits per heavy atom. The van der Waals surface area contributed by atoms with E-state index < -0.39 is 0 Å². The largest absolute Gasteiger partial charge is 0.381 e. The topological polar surface area (TPSA) is 50.7 Å². The highest BCUT2D eigenvalue weighted by atomic mass is 16.5. The van der Waals surface area contributed by atoms with E-state index in [1.165, 1.54) is 11.1 Å². The lowest BCUT2D eigenvalue weighted by atomic mass is 9.93. The molecule has 4 rings (SSSR count). The molecule has 1 saturated heterocycles. The lowest BCUT2D eigenvalue weighted by Gasteiger charge is -2.30. The van der Waals surface area contributed by atoms with Gasteiger partial charge >= 0.3 is 0 Å². The fraction of sp³-hybridized carbons (Fsp3) is 0.500. The molecular formula is C16H18N2O2. The van der Waals surface area contributed by atoms with Gasteiger partial charge in [0.15, 0.2) is 0 Å². The van der Waals surface area contributed by atoms with Gasteiger partial charge in [0.05, 0.1) is 12.0 Å². The van der Waals surface area contributed by atoms with Gasteiger partial charge in [-0.15, -0.1) is 0 Å². The van der Waals surface area contributed by atoms with E-state index in [1.807, 2.05) is 12.1 Å². The fourth-order valence-electron chi connectivity index (χ4n) is 3.55. The van der Waals surface area contributed by atoms with Crippen molar-refractivity contribution in [2.75, 3.05) is 13.2 Å². The van der Waals surface area contributed by atoms with Crippen molar-refractivity contribution in [1.29, 1.82) is 0 Å². The molecule has 0 aromatic heterocycles. The summed E-state index contributed by atoms with van der Waals surface area (Å²) in [7, 11) is 0. The van der Waals surface area contributed by atoms with E-state index in [0.717, 1.165) is 38.3 Å². The van der Waals surface area contributed by atoms with Crippen LogP contribution in [0.4, 0.5) is 0 Å². The van der Waals surface area contributed by atoms with E-state index in [-0.39, 0.29) is 17.9 Å². The second-order valence-electron chi connectivity index (χ2n) is 5.84. The number of ether oxygens (including phenoxy) is 1. The minimum Gasteiger partial charge on any atom is -0.381 e. The van der Waals surface area contributed by atoms with Gasteiger partial charge in [-0.05, 0) is 30.4 Å². The molecule has 20 heavy (non-hydrogen) atoms. The number of hydrogen-bond acceptors (Lipinski definition) is 3. The first-order valence-electron chi connectivity index (χ1n) is 7.37. The van der Waals surface area contributed by atoms with Crippen LogP contribution in [0.1, 0.15) is 30.0 Å². The average molecular weight is 270 g/mol. The minimum absolute atomic E-state index is 0.0176. The van der Waals surface area contributed by atoms with E-state index in [0.29, 0.717) is 5.92 Å². The number of nitrogens with zero attached hydrogens (tertiary/aromatic N) is 1. The monoisotopic (exact) mass is 270 g/mol. The number of amides is 1. The second kappa shape index (κ2) is 4.70. The van der Waals surface area contributed by atoms with Crippen molar-refractivity contribution >= 4 is 11.7 Å². The zero-order chi connectivity index (χ0) is 13.5. The number of fused-ring (bicyclic) bond motifs is 3. The van der Waals surface area contributed by atoms with Crippen LogP contribution in [0.15, 0.2) is 29.3 Å². The third-order valence-electron chi connectivity index (χ3n) is 4.67. The highest BCUT2D eigenvalue weighted by molar-refractivity contribution is 6.03. The summed E-state index contributed by atoms with van der Waals surface area (Å²) < 4.78 is 5.39. The number of amidine groups is 1. The zero-order valence-electron chi connectivity index (χ0n) is 11.3. The molecule has 1 aromatic rings. The smallest absolute Gasteiger partial charge is 0.231 e. The maximum Gasteiger partial charge on any atom is 0.231 e. The number of aliphatic imine (C=N–C) groups is 1. The third kappa shape index (κ3) is 1.86. The number of hydrogen-bond donors (Lipinski definition) is 1. The molecule has 0 spiro atoms. The SMILES string of the molecule is O=C1NC(C2CCOCC2)=NC2c3ccccc3CC12. The molecule has 1 fully saturated rings. The van der Waals surface area contributed by atoms with Gasteiger partial charge in [-0.25, -0.2) is 0 Å². The van der Waals surface area contributed by atoms with Gasteiger partial charge in [-0.3, -0.25) is 9.79 Å². The Balaban J connectivity index is 1.68. The molecular weight excluding hydrogens is 252 g/mol. The van der Waals surface area contributed by atoms with Crippen LogP contribution in [0.2, 0.25) is 0 Å². The molecule has 4 heteroatoms. The van der Waals surface area contributed by atoms with Crippen LogP contribution in [0, 0.1) is 11.8 Å². The minimum atomic E-state index is -0.0176. The number of rotatable bonds is 1. The van der Waals surface area contributed by atoms with Gasteiger partial charge < -0.3 is 10.1 Å². The number of carbonyl (C=O) groups is 1. The molecule has 1 N–H and O–H groups in total. The summed E-state index contributed by atoms with van der Waals surface area (Å²) >= 11 is 0. The highest BCUT2D eigenvalue weighted by Crippen LogP contribution is 2.41. The number of nitrogens with one attached hydrogen (secondary N) is 1. The van der Waals surface area contributed by atoms with E-state index in [9.17, 15) is 4.79 Å². The molecule has 2 heterocycles. The summed E-state index contributed by atoms with van der Waals surface area (Å²) in [6, 6.07) is 8.33. The predicted molar refractivity (Wildman–Crippen MR) is 75.5 cm³/mol. The summed E-state index contributed by atoms with van der Waals surface area (Å²) in [5, 5.41) is 3.05. The standard InChI is InChI=1S/C16H18N2O2/c19-16-13-9-11-3-1-2-4-12(11)14(13)17-15(18-16)10-5-7-20-8-6-10/h1-4,10,13-14H,5-9H2,(H,17,18,19). The van der Waals surface area contributed by atoms with Crippen molar-refractivity contribution in [2.45, 2.75) is 25.3 Å². The second-order valence-corrected chi connectivity index (χ2v) is 5.84. The van der Waals surface area contributed by atoms with Crippen molar-refractivity contribution in [3.8, 4) is 0 Å². The van der Waals surface area contributed by atoms with E-state index in [4.69, 9.17) is 9.73 Å². The van der Waals surface area contributed by atoms with Gasteiger partial charge in [0.1, 0.15) is 5.84 Å². The Kier molecular flexibility index (Phi) is 2.84. The molecule has 0 radical (unpaired) electrons. The number of benzene rings is 1. The molecule has 1 amide bonds. The molecule has 2 aliphatic heterocycles. The van der Waals surface area contributed by atoms with Crippen LogP contribution in [0.5, 0.6) is 0 Å². The first-order valence-corrected chi connectivity index (χ1v) is 7.37. The van der Waals surface area contributed by atoms with Crippen LogP contribution >= 0.6 is 0 Å². The third-order valence-corrected chi connectivity index (χ3v) is 4.67. The summed E-state index contributed by atoms with van der Waals surface area (Å²) in [5.41, 5.74) is 2.51. The first-order chi connectivity index (χ1) is 9.83. The maximum absolute atomic E-state index is 12.4. The normalized spacial score (nSPS) is 29.4. The Morgan fingerprint density at radius 1 is 1.20 bits per heavy atom. The summed E-state index contributed by atoms with van der Waals surface area (Å²) in [4.78, 5) is 17.3. The van der Waals surface area contributed by atoms with E-state index in [1.54, 1.807) is 0 Å². The molecule has 1 aliphatic carbocycles. The van der Waals surface area contributed by atoms with Crippen molar-refractivity contribution < 1.29 is 9.53 Å². The Hall–Kier alpha value is -1.68. The lowest BCUT2D eigenvalue weighted by molar-refractivity contribution is -0.124. The molecule has 2 unspecified atom stereocenters. The Labute approximate surface area is 118 Å². The van der Waals surface area contributed by atoms with Crippen molar-refractivity contribution in [2.24, 2.45) is 16.8 Å². The summed E-state index contributed by atoms with van der Waals surface area (Å²) in [6.07, 6.45) is 2.73. The summed E-state index contributed by atoms with van der Waals surface area (Å²) in [5.74, 6) is 1.36. The van der Waals surface area contributed by atoms with Crippen LogP contribution < -0.4 is 5.32 Å². The van der Waals surface area contributed by atoms with Crippen molar-refractivity contribution in [3.05, 3.63) is 35.4 Å². The van der Waals surface area contributed by atoms with Crippen LogP contribution in [0.25, 0.3) is 0 Å². The van der Waals surface area contributed by atoms with Crippen molar-refractivity contribution in [1.82, 2.24) is 5.32 Å². The maximum atomic E-state index is 12.4. The van der Waals surface area contributed by atoms with Crippen molar-refractivity contribution in [3.63, 3.8) is 0 Å². The predicted octanol–water partition coefficient (Wildman–Crippen LogP) is 1.85. The molecule has 104 valence electrons. The highest BCUT2D eigenvalue weighted by Gasteiger charge is 2.41. The fourth-order valence-corrected chi connectivity index (χ4v) is 3.55. The Bertz CT molecular complexity index is 576. The van der Waals surface area contributed by atoms with Gasteiger partial charge in [0.2, 0.25) is 5.91 Å². The van der Waals surface area contributed by atoms with Gasteiger partial charge in [0, 0.05) is 19.1 Å². The number of carbonyl (C=O) groups excluding carboxylic acids is 1. The van der Waals surface area contributed by atoms with Crippen LogP contribution in [-0.2, 0) is 16.0 Å². The van der Waals surface area contributed by atoms with E-state index in [2.05, 4.69) is 17.4 Å². The van der Waals surface area contributed by atoms with Crippen LogP contribution in [-0.4, -0.2) is 25.0 Å². The first kappa shape index (κ1) is 12.1. The molecule has 2 atom stereocenters. The van der Waals surface area contributed by atoms with E-state index >= 15 is 0 Å². The van der Waals surface area contributed by atoms with Gasteiger partial charge in [-0.2, -0.15) is 0 Å². The molecule has 0 saturated carbocycles. The summed E-state index contributed by atoms with van der Waals surface area (Å²) in [6.45, 7) is 1.54. The zero-order valence-corrected chi connectivity index (χ0v) is 11.3. The quantitative estimate of drug-likeness (QED) is 0.846. The Morgan fingerprint density at radius 3 is 2.85 bits per heavy atom. The van der Waals surface area contributed by atoms with Gasteiger partial charge in [-0.1, -0.05) is 24.3 Å². The van der Waals surface area contributed by atoms with Gasteiger partial charge in [0.25, 0.3) is 0 Å². The molecule has 3 aliphatic rings. The molecule has 1 aromatic carbocycles.